The van der Waals surface area contributed by atoms with Gasteiger partial charge in [-0.2, -0.15) is 0 Å². The van der Waals surface area contributed by atoms with Crippen LogP contribution in [-0.4, -0.2) is 37.0 Å². The lowest BCUT2D eigenvalue weighted by Gasteiger charge is -2.32. The van der Waals surface area contributed by atoms with Gasteiger partial charge in [-0.25, -0.2) is 4.79 Å². The van der Waals surface area contributed by atoms with Crippen molar-refractivity contribution in [1.29, 1.82) is 0 Å². The molecule has 1 aliphatic carbocycles. The van der Waals surface area contributed by atoms with Gasteiger partial charge in [-0.3, -0.25) is 9.69 Å². The highest BCUT2D eigenvalue weighted by atomic mass is 16.5. The summed E-state index contributed by atoms with van der Waals surface area (Å²) in [6.45, 7) is 2.53. The molecule has 2 fully saturated rings. The Morgan fingerprint density at radius 1 is 1.23 bits per heavy atom. The molecular formula is C20H24N2O4. The number of carbonyl (C=O) groups excluding carboxylic acids is 1. The average Bonchev–Trinajstić information content (AvgIpc) is 3.48. The van der Waals surface area contributed by atoms with Crippen molar-refractivity contribution in [3.8, 4) is 5.75 Å². The molecule has 1 aromatic heterocycles. The van der Waals surface area contributed by atoms with Gasteiger partial charge >= 0.3 is 5.63 Å². The minimum absolute atomic E-state index is 0.226. The van der Waals surface area contributed by atoms with E-state index in [2.05, 4.69) is 10.2 Å². The highest BCUT2D eigenvalue weighted by molar-refractivity contribution is 5.82. The minimum atomic E-state index is -0.340. The van der Waals surface area contributed by atoms with Gasteiger partial charge in [0.25, 0.3) is 0 Å². The molecule has 26 heavy (non-hydrogen) atoms. The Morgan fingerprint density at radius 3 is 2.69 bits per heavy atom. The maximum Gasteiger partial charge on any atom is 0.336 e. The molecule has 138 valence electrons. The number of hydrogen-bond acceptors (Lipinski definition) is 5. The Hall–Kier alpha value is -2.34. The molecule has 1 saturated heterocycles. The molecule has 1 saturated carbocycles. The normalized spacial score (nSPS) is 18.8. The van der Waals surface area contributed by atoms with Crippen LogP contribution in [0.1, 0.15) is 31.2 Å². The number of nitrogens with zero attached hydrogens (tertiary/aromatic N) is 1. The lowest BCUT2D eigenvalue weighted by molar-refractivity contribution is -0.123. The van der Waals surface area contributed by atoms with Crippen molar-refractivity contribution in [1.82, 2.24) is 10.2 Å². The number of hydrogen-bond donors (Lipinski definition) is 1. The first-order valence-corrected chi connectivity index (χ1v) is 9.26. The molecule has 6 heteroatoms. The quantitative estimate of drug-likeness (QED) is 0.833. The SMILES string of the molecule is COc1ccc2c(CN3CCC(NC(=O)C4CC4)CC3)cc(=O)oc2c1. The van der Waals surface area contributed by atoms with Gasteiger partial charge in [0, 0.05) is 49.1 Å². The molecule has 0 spiro atoms. The van der Waals surface area contributed by atoms with Crippen LogP contribution in [0.5, 0.6) is 5.75 Å². The van der Waals surface area contributed by atoms with Gasteiger partial charge in [0.05, 0.1) is 7.11 Å². The Kier molecular flexibility index (Phi) is 4.68. The summed E-state index contributed by atoms with van der Waals surface area (Å²) in [6, 6.07) is 7.43. The van der Waals surface area contributed by atoms with Crippen molar-refractivity contribution >= 4 is 16.9 Å². The van der Waals surface area contributed by atoms with Crippen molar-refractivity contribution in [3.63, 3.8) is 0 Å². The number of likely N-dealkylation sites (tertiary alicyclic amines) is 1. The third-order valence-electron chi connectivity index (χ3n) is 5.31. The molecule has 1 amide bonds. The van der Waals surface area contributed by atoms with E-state index in [0.717, 1.165) is 49.7 Å². The lowest BCUT2D eigenvalue weighted by atomic mass is 10.0. The number of rotatable bonds is 5. The largest absolute Gasteiger partial charge is 0.497 e. The van der Waals surface area contributed by atoms with Crippen LogP contribution < -0.4 is 15.7 Å². The van der Waals surface area contributed by atoms with Crippen LogP contribution >= 0.6 is 0 Å². The Balaban J connectivity index is 1.43. The van der Waals surface area contributed by atoms with Crippen LogP contribution in [0, 0.1) is 5.92 Å². The summed E-state index contributed by atoms with van der Waals surface area (Å²) >= 11 is 0. The summed E-state index contributed by atoms with van der Waals surface area (Å²) in [5.74, 6) is 1.16. The highest BCUT2D eigenvalue weighted by Crippen LogP contribution is 2.29. The minimum Gasteiger partial charge on any atom is -0.497 e. The van der Waals surface area contributed by atoms with E-state index >= 15 is 0 Å². The first-order chi connectivity index (χ1) is 12.6. The average molecular weight is 356 g/mol. The van der Waals surface area contributed by atoms with Gasteiger partial charge in [-0.15, -0.1) is 0 Å². The first kappa shape index (κ1) is 17.1. The third kappa shape index (κ3) is 3.75. The first-order valence-electron chi connectivity index (χ1n) is 9.26. The Labute approximate surface area is 152 Å². The van der Waals surface area contributed by atoms with E-state index in [1.165, 1.54) is 0 Å². The summed E-state index contributed by atoms with van der Waals surface area (Å²) in [4.78, 5) is 26.1. The van der Waals surface area contributed by atoms with Gasteiger partial charge in [-0.05, 0) is 43.4 Å². The van der Waals surface area contributed by atoms with Gasteiger partial charge < -0.3 is 14.5 Å². The number of carbonyl (C=O) groups is 1. The second-order valence-electron chi connectivity index (χ2n) is 7.29. The summed E-state index contributed by atoms with van der Waals surface area (Å²) < 4.78 is 10.5. The molecule has 0 atom stereocenters. The highest BCUT2D eigenvalue weighted by Gasteiger charge is 2.31. The van der Waals surface area contributed by atoms with E-state index in [-0.39, 0.29) is 23.5 Å². The van der Waals surface area contributed by atoms with E-state index in [1.54, 1.807) is 19.2 Å². The van der Waals surface area contributed by atoms with Gasteiger partial charge in [0.15, 0.2) is 0 Å². The van der Waals surface area contributed by atoms with Crippen molar-refractivity contribution < 1.29 is 13.9 Å². The monoisotopic (exact) mass is 356 g/mol. The number of ether oxygens (including phenoxy) is 1. The number of benzene rings is 1. The molecule has 0 unspecified atom stereocenters. The molecule has 1 aliphatic heterocycles. The van der Waals surface area contributed by atoms with Crippen molar-refractivity contribution in [3.05, 3.63) is 40.2 Å². The number of amides is 1. The third-order valence-corrected chi connectivity index (χ3v) is 5.31. The topological polar surface area (TPSA) is 71.8 Å². The molecule has 6 nitrogen and oxygen atoms in total. The van der Waals surface area contributed by atoms with E-state index in [1.807, 2.05) is 12.1 Å². The van der Waals surface area contributed by atoms with Crippen LogP contribution in [0.4, 0.5) is 0 Å². The standard InChI is InChI=1S/C20H24N2O4/c1-25-16-4-5-17-14(10-19(23)26-18(17)11-16)12-22-8-6-15(7-9-22)21-20(24)13-2-3-13/h4-5,10-11,13,15H,2-3,6-9,12H2,1H3,(H,21,24). The van der Waals surface area contributed by atoms with E-state index < -0.39 is 0 Å². The van der Waals surface area contributed by atoms with Crippen molar-refractivity contribution in [2.75, 3.05) is 20.2 Å². The summed E-state index contributed by atoms with van der Waals surface area (Å²) in [5, 5.41) is 4.11. The van der Waals surface area contributed by atoms with Crippen molar-refractivity contribution in [2.45, 2.75) is 38.3 Å². The zero-order chi connectivity index (χ0) is 18.1. The molecular weight excluding hydrogens is 332 g/mol. The predicted octanol–water partition coefficient (Wildman–Crippen LogP) is 2.29. The molecule has 0 bridgehead atoms. The fourth-order valence-electron chi connectivity index (χ4n) is 3.61. The molecule has 2 aromatic rings. The second-order valence-corrected chi connectivity index (χ2v) is 7.29. The molecule has 2 heterocycles. The molecule has 1 N–H and O–H groups in total. The second kappa shape index (κ2) is 7.11. The van der Waals surface area contributed by atoms with Crippen LogP contribution in [0.3, 0.4) is 0 Å². The summed E-state index contributed by atoms with van der Waals surface area (Å²) in [6.07, 6.45) is 3.98. The zero-order valence-corrected chi connectivity index (χ0v) is 15.0. The van der Waals surface area contributed by atoms with Crippen LogP contribution in [0.25, 0.3) is 11.0 Å². The molecule has 0 radical (unpaired) electrons. The fraction of sp³-hybridized carbons (Fsp3) is 0.500. The predicted molar refractivity (Wildman–Crippen MR) is 98.2 cm³/mol. The maximum atomic E-state index is 11.9. The van der Waals surface area contributed by atoms with E-state index in [0.29, 0.717) is 17.9 Å². The zero-order valence-electron chi connectivity index (χ0n) is 15.0. The lowest BCUT2D eigenvalue weighted by Crippen LogP contribution is -2.44. The number of methoxy groups -OCH3 is 1. The van der Waals surface area contributed by atoms with Crippen molar-refractivity contribution in [2.24, 2.45) is 5.92 Å². The van der Waals surface area contributed by atoms with Gasteiger partial charge in [0.2, 0.25) is 5.91 Å². The molecule has 2 aliphatic rings. The fourth-order valence-corrected chi connectivity index (χ4v) is 3.61. The number of fused-ring (bicyclic) bond motifs is 1. The van der Waals surface area contributed by atoms with Crippen LogP contribution in [0.2, 0.25) is 0 Å². The molecule has 1 aromatic carbocycles. The van der Waals surface area contributed by atoms with Crippen LogP contribution in [0.15, 0.2) is 33.5 Å². The Morgan fingerprint density at radius 2 is 2.00 bits per heavy atom. The number of nitrogens with one attached hydrogen (secondary N) is 1. The van der Waals surface area contributed by atoms with E-state index in [4.69, 9.17) is 9.15 Å². The molecule has 4 rings (SSSR count). The summed E-state index contributed by atoms with van der Waals surface area (Å²) in [7, 11) is 1.59. The van der Waals surface area contributed by atoms with Gasteiger partial charge in [-0.1, -0.05) is 0 Å². The smallest absolute Gasteiger partial charge is 0.336 e. The van der Waals surface area contributed by atoms with Crippen LogP contribution in [-0.2, 0) is 11.3 Å². The Bertz CT molecular complexity index is 864. The summed E-state index contributed by atoms with van der Waals surface area (Å²) in [5.41, 5.74) is 1.19. The van der Waals surface area contributed by atoms with Gasteiger partial charge in [0.1, 0.15) is 11.3 Å². The maximum absolute atomic E-state index is 11.9. The van der Waals surface area contributed by atoms with E-state index in [9.17, 15) is 9.59 Å². The number of piperidine rings is 1.